The number of nitrogens with one attached hydrogen (secondary N) is 1. The summed E-state index contributed by atoms with van der Waals surface area (Å²) in [4.78, 5) is 26.8. The maximum Gasteiger partial charge on any atom is 0.300 e. The van der Waals surface area contributed by atoms with Gasteiger partial charge < -0.3 is 24.1 Å². The average Bonchev–Trinajstić information content (AvgIpc) is 3.35. The molecular formula is C20H22N2O5. The molecule has 142 valence electrons. The van der Waals surface area contributed by atoms with Crippen LogP contribution in [0.4, 0.5) is 11.4 Å². The second-order valence-electron chi connectivity index (χ2n) is 6.83. The maximum absolute atomic E-state index is 12.4. The van der Waals surface area contributed by atoms with Crippen LogP contribution in [0.2, 0.25) is 0 Å². The Morgan fingerprint density at radius 1 is 1.07 bits per heavy atom. The second kappa shape index (κ2) is 7.17. The number of carbonyl (C=O) groups is 2. The van der Waals surface area contributed by atoms with Crippen LogP contribution >= 0.6 is 0 Å². The number of aryl methyl sites for hydroxylation is 1. The number of Topliss-reactive ketones (excluding diaryl/α,β-unsaturated/α-hetero) is 1. The molecule has 0 atom stereocenters. The fourth-order valence-electron chi connectivity index (χ4n) is 3.74. The van der Waals surface area contributed by atoms with E-state index in [2.05, 4.69) is 10.2 Å². The first-order valence-electron chi connectivity index (χ1n) is 9.10. The number of nitrogens with zero attached hydrogens (tertiary/aromatic N) is 1. The van der Waals surface area contributed by atoms with E-state index in [1.54, 1.807) is 6.07 Å². The van der Waals surface area contributed by atoms with Crippen molar-refractivity contribution in [1.29, 1.82) is 0 Å². The minimum atomic E-state index is -0.715. The third-order valence-corrected chi connectivity index (χ3v) is 5.09. The summed E-state index contributed by atoms with van der Waals surface area (Å²) in [6, 6.07) is 8.72. The summed E-state index contributed by atoms with van der Waals surface area (Å²) >= 11 is 0. The molecule has 2 aromatic rings. The number of amides is 1. The third kappa shape index (κ3) is 3.48. The molecular weight excluding hydrogens is 348 g/mol. The van der Waals surface area contributed by atoms with E-state index in [1.807, 2.05) is 25.1 Å². The van der Waals surface area contributed by atoms with Gasteiger partial charge in [0.2, 0.25) is 0 Å². The largest absolute Gasteiger partial charge is 0.461 e. The van der Waals surface area contributed by atoms with Gasteiger partial charge in [-0.15, -0.1) is 0 Å². The highest BCUT2D eigenvalue weighted by Gasteiger charge is 2.40. The van der Waals surface area contributed by atoms with Gasteiger partial charge in [0, 0.05) is 25.9 Å². The van der Waals surface area contributed by atoms with Crippen LogP contribution in [-0.2, 0) is 14.3 Å². The molecule has 1 aromatic carbocycles. The normalized spacial score (nSPS) is 18.6. The van der Waals surface area contributed by atoms with Crippen LogP contribution < -0.4 is 10.2 Å². The molecule has 2 aliphatic heterocycles. The molecule has 0 saturated carbocycles. The molecule has 27 heavy (non-hydrogen) atoms. The summed E-state index contributed by atoms with van der Waals surface area (Å²) in [5, 5.41) is 2.75. The number of ketones is 1. The zero-order chi connectivity index (χ0) is 18.9. The molecule has 1 aromatic heterocycles. The molecule has 4 rings (SSSR count). The quantitative estimate of drug-likeness (QED) is 0.658. The van der Waals surface area contributed by atoms with E-state index in [9.17, 15) is 9.59 Å². The van der Waals surface area contributed by atoms with Gasteiger partial charge in [-0.05, 0) is 30.7 Å². The van der Waals surface area contributed by atoms with Crippen LogP contribution in [0.3, 0.4) is 0 Å². The van der Waals surface area contributed by atoms with Crippen LogP contribution in [0.25, 0.3) is 0 Å². The Bertz CT molecular complexity index is 830. The fourth-order valence-corrected chi connectivity index (χ4v) is 3.74. The van der Waals surface area contributed by atoms with Gasteiger partial charge in [0.05, 0.1) is 30.9 Å². The molecule has 0 bridgehead atoms. The van der Waals surface area contributed by atoms with Crippen molar-refractivity contribution in [3.63, 3.8) is 0 Å². The molecule has 2 fully saturated rings. The van der Waals surface area contributed by atoms with Crippen molar-refractivity contribution in [3.05, 3.63) is 47.9 Å². The van der Waals surface area contributed by atoms with Gasteiger partial charge in [-0.25, -0.2) is 0 Å². The van der Waals surface area contributed by atoms with E-state index in [4.69, 9.17) is 13.9 Å². The Morgan fingerprint density at radius 2 is 1.81 bits per heavy atom. The number of para-hydroxylation sites is 1. The van der Waals surface area contributed by atoms with Crippen molar-refractivity contribution in [1.82, 2.24) is 0 Å². The van der Waals surface area contributed by atoms with Gasteiger partial charge in [0.1, 0.15) is 0 Å². The number of carbonyl (C=O) groups excluding carboxylic acids is 2. The highest BCUT2D eigenvalue weighted by molar-refractivity contribution is 6.46. The minimum absolute atomic E-state index is 0.0251. The monoisotopic (exact) mass is 370 g/mol. The van der Waals surface area contributed by atoms with Crippen molar-refractivity contribution < 1.29 is 23.5 Å². The highest BCUT2D eigenvalue weighted by Crippen LogP contribution is 2.37. The van der Waals surface area contributed by atoms with E-state index in [0.717, 1.165) is 37.2 Å². The summed E-state index contributed by atoms with van der Waals surface area (Å²) in [6.07, 6.45) is 2.90. The van der Waals surface area contributed by atoms with Gasteiger partial charge in [-0.3, -0.25) is 9.59 Å². The molecule has 1 N–H and O–H groups in total. The van der Waals surface area contributed by atoms with Gasteiger partial charge in [-0.2, -0.15) is 0 Å². The number of rotatable bonds is 4. The zero-order valence-corrected chi connectivity index (χ0v) is 15.2. The lowest BCUT2D eigenvalue weighted by Crippen LogP contribution is -2.45. The van der Waals surface area contributed by atoms with E-state index >= 15 is 0 Å². The summed E-state index contributed by atoms with van der Waals surface area (Å²) in [5.41, 5.74) is 2.57. The van der Waals surface area contributed by atoms with Crippen molar-refractivity contribution in [2.75, 3.05) is 36.5 Å². The lowest BCUT2D eigenvalue weighted by atomic mass is 10.0. The first-order chi connectivity index (χ1) is 13.1. The lowest BCUT2D eigenvalue weighted by molar-refractivity contribution is -0.169. The van der Waals surface area contributed by atoms with E-state index in [1.165, 1.54) is 12.3 Å². The van der Waals surface area contributed by atoms with Crippen LogP contribution in [0.15, 0.2) is 41.0 Å². The number of hydrogen-bond donors (Lipinski definition) is 1. The smallest absolute Gasteiger partial charge is 0.300 e. The first kappa shape index (κ1) is 17.8. The third-order valence-electron chi connectivity index (χ3n) is 5.09. The van der Waals surface area contributed by atoms with Crippen LogP contribution in [-0.4, -0.2) is 43.8 Å². The van der Waals surface area contributed by atoms with Crippen molar-refractivity contribution in [3.8, 4) is 0 Å². The Morgan fingerprint density at radius 3 is 2.48 bits per heavy atom. The summed E-state index contributed by atoms with van der Waals surface area (Å²) in [7, 11) is 0. The SMILES string of the molecule is Cc1cccc(NC(=O)C(=O)c2ccco2)c1N1CCC2(CC1)OCCO2. The van der Waals surface area contributed by atoms with Gasteiger partial charge >= 0.3 is 0 Å². The van der Waals surface area contributed by atoms with E-state index in [-0.39, 0.29) is 5.76 Å². The molecule has 1 spiro atoms. The first-order valence-corrected chi connectivity index (χ1v) is 9.10. The van der Waals surface area contributed by atoms with E-state index in [0.29, 0.717) is 18.9 Å². The zero-order valence-electron chi connectivity index (χ0n) is 15.2. The number of furan rings is 1. The summed E-state index contributed by atoms with van der Waals surface area (Å²) in [6.45, 7) is 4.77. The number of hydrogen-bond acceptors (Lipinski definition) is 6. The standard InChI is InChI=1S/C20H22N2O5/c1-14-4-2-5-15(21-19(24)18(23)16-6-3-11-25-16)17(14)22-9-7-20(8-10-22)26-12-13-27-20/h2-6,11H,7-10,12-13H2,1H3,(H,21,24). The molecule has 0 unspecified atom stereocenters. The lowest BCUT2D eigenvalue weighted by Gasteiger charge is -2.39. The number of anilines is 2. The molecule has 1 amide bonds. The average molecular weight is 370 g/mol. The van der Waals surface area contributed by atoms with Crippen molar-refractivity contribution >= 4 is 23.1 Å². The molecule has 0 radical (unpaired) electrons. The molecule has 7 nitrogen and oxygen atoms in total. The Labute approximate surface area is 157 Å². The predicted octanol–water partition coefficient (Wildman–Crippen LogP) is 2.75. The Kier molecular flexibility index (Phi) is 4.72. The van der Waals surface area contributed by atoms with Gasteiger partial charge in [-0.1, -0.05) is 12.1 Å². The highest BCUT2D eigenvalue weighted by atomic mass is 16.7. The topological polar surface area (TPSA) is 81.0 Å². The van der Waals surface area contributed by atoms with Crippen LogP contribution in [0.1, 0.15) is 29.0 Å². The summed E-state index contributed by atoms with van der Waals surface area (Å²) in [5.74, 6) is -1.85. The number of ether oxygens (including phenoxy) is 2. The van der Waals surface area contributed by atoms with Gasteiger partial charge in [0.15, 0.2) is 11.5 Å². The van der Waals surface area contributed by atoms with E-state index < -0.39 is 17.5 Å². The number of benzene rings is 1. The summed E-state index contributed by atoms with van der Waals surface area (Å²) < 4.78 is 16.6. The molecule has 2 saturated heterocycles. The molecule has 2 aliphatic rings. The minimum Gasteiger partial charge on any atom is -0.461 e. The second-order valence-corrected chi connectivity index (χ2v) is 6.83. The molecule has 0 aliphatic carbocycles. The maximum atomic E-state index is 12.4. The Hall–Kier alpha value is -2.64. The predicted molar refractivity (Wildman–Crippen MR) is 98.9 cm³/mol. The van der Waals surface area contributed by atoms with Crippen LogP contribution in [0, 0.1) is 6.92 Å². The van der Waals surface area contributed by atoms with Crippen molar-refractivity contribution in [2.24, 2.45) is 0 Å². The fraction of sp³-hybridized carbons (Fsp3) is 0.400. The van der Waals surface area contributed by atoms with Crippen LogP contribution in [0.5, 0.6) is 0 Å². The Balaban J connectivity index is 1.52. The van der Waals surface area contributed by atoms with Gasteiger partial charge in [0.25, 0.3) is 11.7 Å². The molecule has 7 heteroatoms. The van der Waals surface area contributed by atoms with Crippen molar-refractivity contribution in [2.45, 2.75) is 25.6 Å². The molecule has 3 heterocycles. The number of piperidine rings is 1.